The van der Waals surface area contributed by atoms with E-state index in [1.54, 1.807) is 6.07 Å². The van der Waals surface area contributed by atoms with E-state index in [0.29, 0.717) is 11.4 Å². The summed E-state index contributed by atoms with van der Waals surface area (Å²) in [5.41, 5.74) is 3.51. The maximum absolute atomic E-state index is 12.2. The number of amides is 1. The summed E-state index contributed by atoms with van der Waals surface area (Å²) in [6, 6.07) is 11.3. The molecule has 0 radical (unpaired) electrons. The van der Waals surface area contributed by atoms with E-state index in [2.05, 4.69) is 15.8 Å². The van der Waals surface area contributed by atoms with Gasteiger partial charge in [0.2, 0.25) is 0 Å². The van der Waals surface area contributed by atoms with Crippen LogP contribution in [0.3, 0.4) is 0 Å². The highest BCUT2D eigenvalue weighted by Gasteiger charge is 2.12. The molecule has 1 aromatic carbocycles. The Hall–Kier alpha value is -2.60. The molecule has 3 aromatic rings. The van der Waals surface area contributed by atoms with Crippen LogP contribution in [-0.2, 0) is 6.54 Å². The first-order valence-corrected chi connectivity index (χ1v) is 8.12. The number of aromatic nitrogens is 1. The van der Waals surface area contributed by atoms with E-state index >= 15 is 0 Å². The average molecular weight is 327 g/mol. The minimum Gasteiger partial charge on any atom is -0.379 e. The topological polar surface area (TPSA) is 67.2 Å². The lowest BCUT2D eigenvalue weighted by Crippen LogP contribution is -2.12. The predicted octanol–water partition coefficient (Wildman–Crippen LogP) is 4.22. The molecule has 0 aliphatic rings. The fourth-order valence-corrected chi connectivity index (χ4v) is 2.89. The summed E-state index contributed by atoms with van der Waals surface area (Å²) < 4.78 is 5.17. The molecule has 6 heteroatoms. The molecule has 118 valence electrons. The molecule has 0 unspecified atom stereocenters. The Labute approximate surface area is 138 Å². The molecule has 2 heterocycles. The largest absolute Gasteiger partial charge is 0.379 e. The maximum Gasteiger partial charge on any atom is 0.265 e. The van der Waals surface area contributed by atoms with Gasteiger partial charge < -0.3 is 15.2 Å². The quantitative estimate of drug-likeness (QED) is 0.736. The smallest absolute Gasteiger partial charge is 0.265 e. The van der Waals surface area contributed by atoms with Crippen molar-refractivity contribution in [3.63, 3.8) is 0 Å². The third-order valence-corrected chi connectivity index (χ3v) is 4.43. The van der Waals surface area contributed by atoms with Crippen LogP contribution in [0.15, 0.2) is 46.3 Å². The minimum absolute atomic E-state index is 0.105. The number of nitrogens with zero attached hydrogens (tertiary/aromatic N) is 1. The van der Waals surface area contributed by atoms with Crippen molar-refractivity contribution in [1.82, 2.24) is 5.16 Å². The fourth-order valence-electron chi connectivity index (χ4n) is 2.28. The first-order chi connectivity index (χ1) is 11.1. The van der Waals surface area contributed by atoms with Gasteiger partial charge in [-0.1, -0.05) is 23.4 Å². The average Bonchev–Trinajstić information content (AvgIpc) is 3.18. The van der Waals surface area contributed by atoms with Crippen molar-refractivity contribution in [3.05, 3.63) is 63.7 Å². The van der Waals surface area contributed by atoms with E-state index < -0.39 is 0 Å². The summed E-state index contributed by atoms with van der Waals surface area (Å²) in [5.74, 6) is 0.696. The van der Waals surface area contributed by atoms with E-state index in [0.717, 1.165) is 28.4 Å². The number of thiophene rings is 1. The molecule has 1 amide bonds. The predicted molar refractivity (Wildman–Crippen MR) is 92.0 cm³/mol. The maximum atomic E-state index is 12.2. The fraction of sp³-hybridized carbons (Fsp3) is 0.176. The van der Waals surface area contributed by atoms with Crippen molar-refractivity contribution in [3.8, 4) is 0 Å². The zero-order valence-corrected chi connectivity index (χ0v) is 13.7. The van der Waals surface area contributed by atoms with Gasteiger partial charge in [-0.2, -0.15) is 0 Å². The van der Waals surface area contributed by atoms with E-state index in [-0.39, 0.29) is 5.91 Å². The lowest BCUT2D eigenvalue weighted by molar-refractivity contribution is 0.103. The molecule has 0 atom stereocenters. The highest BCUT2D eigenvalue weighted by atomic mass is 32.1. The summed E-state index contributed by atoms with van der Waals surface area (Å²) in [6.45, 7) is 4.40. The van der Waals surface area contributed by atoms with Crippen LogP contribution in [0.2, 0.25) is 0 Å². The Morgan fingerprint density at radius 1 is 1.17 bits per heavy atom. The van der Waals surface area contributed by atoms with Crippen LogP contribution in [0.5, 0.6) is 0 Å². The van der Waals surface area contributed by atoms with Gasteiger partial charge in [-0.3, -0.25) is 4.79 Å². The number of para-hydroxylation sites is 2. The number of nitrogens with one attached hydrogen (secondary N) is 2. The van der Waals surface area contributed by atoms with Gasteiger partial charge >= 0.3 is 0 Å². The number of benzene rings is 1. The molecule has 0 fully saturated rings. The first kappa shape index (κ1) is 15.3. The van der Waals surface area contributed by atoms with Crippen LogP contribution in [0.4, 0.5) is 11.4 Å². The van der Waals surface area contributed by atoms with Crippen molar-refractivity contribution in [2.24, 2.45) is 0 Å². The highest BCUT2D eigenvalue weighted by molar-refractivity contribution is 7.12. The molecule has 23 heavy (non-hydrogen) atoms. The second-order valence-electron chi connectivity index (χ2n) is 5.13. The lowest BCUT2D eigenvalue weighted by Gasteiger charge is -2.12. The minimum atomic E-state index is -0.105. The molecule has 0 bridgehead atoms. The van der Waals surface area contributed by atoms with Gasteiger partial charge in [0, 0.05) is 12.1 Å². The van der Waals surface area contributed by atoms with E-state index in [1.165, 1.54) is 11.3 Å². The molecular formula is C17H17N3O2S. The zero-order valence-electron chi connectivity index (χ0n) is 12.9. The van der Waals surface area contributed by atoms with Gasteiger partial charge in [-0.05, 0) is 37.4 Å². The Balaban J connectivity index is 1.74. The van der Waals surface area contributed by atoms with Gasteiger partial charge in [0.1, 0.15) is 5.76 Å². The molecule has 2 aromatic heterocycles. The molecule has 0 saturated heterocycles. The number of carbonyl (C=O) groups excluding carboxylic acids is 1. The number of rotatable bonds is 5. The third-order valence-electron chi connectivity index (χ3n) is 3.56. The number of hydrogen-bond donors (Lipinski definition) is 2. The summed E-state index contributed by atoms with van der Waals surface area (Å²) in [6.07, 6.45) is 0. The molecule has 5 nitrogen and oxygen atoms in total. The van der Waals surface area contributed by atoms with Crippen LogP contribution < -0.4 is 10.6 Å². The van der Waals surface area contributed by atoms with Crippen molar-refractivity contribution >= 4 is 28.6 Å². The van der Waals surface area contributed by atoms with Crippen LogP contribution in [0.1, 0.15) is 26.7 Å². The first-order valence-electron chi connectivity index (χ1n) is 7.24. The van der Waals surface area contributed by atoms with Gasteiger partial charge in [0.15, 0.2) is 0 Å². The second kappa shape index (κ2) is 6.66. The van der Waals surface area contributed by atoms with Crippen LogP contribution in [-0.4, -0.2) is 11.1 Å². The Morgan fingerprint density at radius 2 is 1.96 bits per heavy atom. The van der Waals surface area contributed by atoms with Gasteiger partial charge in [-0.15, -0.1) is 11.3 Å². The van der Waals surface area contributed by atoms with Gasteiger partial charge in [0.25, 0.3) is 5.91 Å². The highest BCUT2D eigenvalue weighted by Crippen LogP contribution is 2.24. The molecule has 0 spiro atoms. The molecule has 2 N–H and O–H groups in total. The Kier molecular flexibility index (Phi) is 4.43. The molecule has 0 aliphatic carbocycles. The number of carbonyl (C=O) groups is 1. The third kappa shape index (κ3) is 3.43. The second-order valence-corrected chi connectivity index (χ2v) is 6.08. The summed E-state index contributed by atoms with van der Waals surface area (Å²) >= 11 is 1.42. The number of hydrogen-bond acceptors (Lipinski definition) is 5. The summed E-state index contributed by atoms with van der Waals surface area (Å²) in [4.78, 5) is 12.9. The normalized spacial score (nSPS) is 10.5. The summed E-state index contributed by atoms with van der Waals surface area (Å²) in [7, 11) is 0. The van der Waals surface area contributed by atoms with Crippen molar-refractivity contribution in [2.45, 2.75) is 20.4 Å². The molecule has 3 rings (SSSR count). The van der Waals surface area contributed by atoms with Crippen molar-refractivity contribution in [1.29, 1.82) is 0 Å². The standard InChI is InChI=1S/C17H17N3O2S/c1-11-13(12(2)22-20-11)10-18-14-6-3-4-7-15(14)19-17(21)16-8-5-9-23-16/h3-9,18H,10H2,1-2H3,(H,19,21). The van der Waals surface area contributed by atoms with Crippen molar-refractivity contribution in [2.75, 3.05) is 10.6 Å². The monoisotopic (exact) mass is 327 g/mol. The van der Waals surface area contributed by atoms with E-state index in [1.807, 2.05) is 49.6 Å². The van der Waals surface area contributed by atoms with Crippen LogP contribution in [0.25, 0.3) is 0 Å². The molecular weight excluding hydrogens is 310 g/mol. The number of anilines is 2. The van der Waals surface area contributed by atoms with Crippen LogP contribution in [0, 0.1) is 13.8 Å². The van der Waals surface area contributed by atoms with E-state index in [4.69, 9.17) is 4.52 Å². The Bertz CT molecular complexity index is 790. The van der Waals surface area contributed by atoms with Gasteiger partial charge in [0.05, 0.1) is 21.9 Å². The SMILES string of the molecule is Cc1noc(C)c1CNc1ccccc1NC(=O)c1cccs1. The van der Waals surface area contributed by atoms with Crippen molar-refractivity contribution < 1.29 is 9.32 Å². The summed E-state index contributed by atoms with van der Waals surface area (Å²) in [5, 5.41) is 12.1. The lowest BCUT2D eigenvalue weighted by atomic mass is 10.2. The zero-order chi connectivity index (χ0) is 16.2. The van der Waals surface area contributed by atoms with Crippen LogP contribution >= 0.6 is 11.3 Å². The molecule has 0 aliphatic heterocycles. The van der Waals surface area contributed by atoms with Gasteiger partial charge in [-0.25, -0.2) is 0 Å². The molecule has 0 saturated carbocycles. The number of aryl methyl sites for hydroxylation is 2. The van der Waals surface area contributed by atoms with E-state index in [9.17, 15) is 4.79 Å². The Morgan fingerprint density at radius 3 is 2.61 bits per heavy atom.